The van der Waals surface area contributed by atoms with Gasteiger partial charge in [-0.2, -0.15) is 5.26 Å². The maximum Gasteiger partial charge on any atom is 0.153 e. The fourth-order valence-corrected chi connectivity index (χ4v) is 2.53. The third kappa shape index (κ3) is 2.55. The molecule has 17 heavy (non-hydrogen) atoms. The summed E-state index contributed by atoms with van der Waals surface area (Å²) in [6.07, 6.45) is 4.78. The van der Waals surface area contributed by atoms with Gasteiger partial charge in [0, 0.05) is 6.42 Å². The summed E-state index contributed by atoms with van der Waals surface area (Å²) in [6, 6.07) is 12.4. The Bertz CT molecular complexity index is 432. The van der Waals surface area contributed by atoms with E-state index in [0.717, 1.165) is 25.7 Å². The van der Waals surface area contributed by atoms with Crippen LogP contribution in [0, 0.1) is 16.7 Å². The topological polar surface area (TPSA) is 40.9 Å². The average molecular weight is 227 g/mol. The minimum atomic E-state index is -0.700. The highest BCUT2D eigenvalue weighted by Crippen LogP contribution is 2.36. The standard InChI is InChI=1S/C15H17NO/c16-12-15(10-5-4-8-14(15)17)11-9-13-6-2-1-3-7-13/h1-3,6-7H,4-5,8-11H2. The number of benzene rings is 1. The van der Waals surface area contributed by atoms with Crippen LogP contribution in [0.25, 0.3) is 0 Å². The Morgan fingerprint density at radius 3 is 2.65 bits per heavy atom. The van der Waals surface area contributed by atoms with Gasteiger partial charge in [-0.3, -0.25) is 4.79 Å². The van der Waals surface area contributed by atoms with E-state index in [1.54, 1.807) is 0 Å². The van der Waals surface area contributed by atoms with Crippen molar-refractivity contribution in [1.29, 1.82) is 5.26 Å². The van der Waals surface area contributed by atoms with Gasteiger partial charge in [0.1, 0.15) is 5.41 Å². The largest absolute Gasteiger partial charge is 0.298 e. The number of nitriles is 1. The van der Waals surface area contributed by atoms with Gasteiger partial charge in [0.05, 0.1) is 6.07 Å². The summed E-state index contributed by atoms with van der Waals surface area (Å²) in [6.45, 7) is 0. The molecule has 2 nitrogen and oxygen atoms in total. The Morgan fingerprint density at radius 1 is 1.24 bits per heavy atom. The molecule has 1 fully saturated rings. The Kier molecular flexibility index (Phi) is 3.58. The smallest absolute Gasteiger partial charge is 0.153 e. The van der Waals surface area contributed by atoms with Crippen LogP contribution in [-0.2, 0) is 11.2 Å². The monoisotopic (exact) mass is 227 g/mol. The second-order valence-corrected chi connectivity index (χ2v) is 4.81. The fourth-order valence-electron chi connectivity index (χ4n) is 2.53. The summed E-state index contributed by atoms with van der Waals surface area (Å²) < 4.78 is 0. The Labute approximate surface area is 102 Å². The summed E-state index contributed by atoms with van der Waals surface area (Å²) in [5.41, 5.74) is 0.508. The van der Waals surface area contributed by atoms with Crippen LogP contribution >= 0.6 is 0 Å². The second kappa shape index (κ2) is 5.14. The predicted molar refractivity (Wildman–Crippen MR) is 66.3 cm³/mol. The van der Waals surface area contributed by atoms with Crippen LogP contribution in [0.4, 0.5) is 0 Å². The Balaban J connectivity index is 2.05. The zero-order valence-corrected chi connectivity index (χ0v) is 9.98. The number of rotatable bonds is 3. The van der Waals surface area contributed by atoms with Crippen molar-refractivity contribution in [2.24, 2.45) is 5.41 Å². The van der Waals surface area contributed by atoms with E-state index < -0.39 is 5.41 Å². The SMILES string of the molecule is N#CC1(CCc2ccccc2)CCCCC1=O. The molecule has 2 rings (SSSR count). The van der Waals surface area contributed by atoms with Gasteiger partial charge in [-0.15, -0.1) is 0 Å². The van der Waals surface area contributed by atoms with Gasteiger partial charge in [0.25, 0.3) is 0 Å². The molecule has 1 unspecified atom stereocenters. The van der Waals surface area contributed by atoms with Crippen LogP contribution < -0.4 is 0 Å². The summed E-state index contributed by atoms with van der Waals surface area (Å²) in [5.74, 6) is 0.155. The van der Waals surface area contributed by atoms with Crippen LogP contribution in [0.3, 0.4) is 0 Å². The molecule has 0 spiro atoms. The normalized spacial score (nSPS) is 24.3. The maximum atomic E-state index is 11.9. The predicted octanol–water partition coefficient (Wildman–Crippen LogP) is 3.27. The van der Waals surface area contributed by atoms with Gasteiger partial charge < -0.3 is 0 Å². The molecule has 2 heteroatoms. The number of aryl methyl sites for hydroxylation is 1. The van der Waals surface area contributed by atoms with Gasteiger partial charge in [0.2, 0.25) is 0 Å². The molecule has 0 bridgehead atoms. The lowest BCUT2D eigenvalue weighted by Gasteiger charge is -2.29. The first-order chi connectivity index (χ1) is 8.27. The van der Waals surface area contributed by atoms with Crippen LogP contribution in [0.1, 0.15) is 37.7 Å². The first-order valence-electron chi connectivity index (χ1n) is 6.25. The van der Waals surface area contributed by atoms with E-state index >= 15 is 0 Å². The van der Waals surface area contributed by atoms with Gasteiger partial charge in [-0.1, -0.05) is 36.8 Å². The van der Waals surface area contributed by atoms with Crippen molar-refractivity contribution >= 4 is 5.78 Å². The molecular weight excluding hydrogens is 210 g/mol. The zero-order chi connectivity index (χ0) is 12.1. The minimum absolute atomic E-state index is 0.155. The average Bonchev–Trinajstić information content (AvgIpc) is 2.39. The number of carbonyl (C=O) groups is 1. The highest BCUT2D eigenvalue weighted by Gasteiger charge is 2.39. The third-order valence-electron chi connectivity index (χ3n) is 3.69. The number of hydrogen-bond acceptors (Lipinski definition) is 2. The number of Topliss-reactive ketones (excluding diaryl/α,β-unsaturated/α-hetero) is 1. The lowest BCUT2D eigenvalue weighted by atomic mass is 9.71. The summed E-state index contributed by atoms with van der Waals surface area (Å²) in [4.78, 5) is 11.9. The lowest BCUT2D eigenvalue weighted by Crippen LogP contribution is -2.33. The highest BCUT2D eigenvalue weighted by atomic mass is 16.1. The van der Waals surface area contributed by atoms with Crippen LogP contribution in [0.2, 0.25) is 0 Å². The van der Waals surface area contributed by atoms with E-state index in [2.05, 4.69) is 18.2 Å². The van der Waals surface area contributed by atoms with Crippen LogP contribution in [-0.4, -0.2) is 5.78 Å². The van der Waals surface area contributed by atoms with Crippen molar-refractivity contribution in [2.45, 2.75) is 38.5 Å². The van der Waals surface area contributed by atoms with Crippen molar-refractivity contribution in [2.75, 3.05) is 0 Å². The molecule has 1 aromatic carbocycles. The second-order valence-electron chi connectivity index (χ2n) is 4.81. The van der Waals surface area contributed by atoms with Gasteiger partial charge in [-0.05, 0) is 31.2 Å². The highest BCUT2D eigenvalue weighted by molar-refractivity contribution is 5.88. The van der Waals surface area contributed by atoms with Crippen molar-refractivity contribution < 1.29 is 4.79 Å². The molecule has 0 heterocycles. The van der Waals surface area contributed by atoms with Crippen molar-refractivity contribution in [3.8, 4) is 6.07 Å². The van der Waals surface area contributed by atoms with Crippen molar-refractivity contribution in [3.63, 3.8) is 0 Å². The van der Waals surface area contributed by atoms with Crippen LogP contribution in [0.15, 0.2) is 30.3 Å². The minimum Gasteiger partial charge on any atom is -0.298 e. The van der Waals surface area contributed by atoms with Crippen molar-refractivity contribution in [3.05, 3.63) is 35.9 Å². The Hall–Kier alpha value is -1.62. The molecule has 1 aromatic rings. The summed E-state index contributed by atoms with van der Waals surface area (Å²) in [5, 5.41) is 9.32. The molecule has 0 amide bonds. The number of ketones is 1. The first kappa shape index (κ1) is 11.9. The lowest BCUT2D eigenvalue weighted by molar-refractivity contribution is -0.128. The quantitative estimate of drug-likeness (QED) is 0.795. The van der Waals surface area contributed by atoms with Gasteiger partial charge in [-0.25, -0.2) is 0 Å². The molecule has 88 valence electrons. The zero-order valence-electron chi connectivity index (χ0n) is 9.98. The molecule has 0 aromatic heterocycles. The maximum absolute atomic E-state index is 11.9. The third-order valence-corrected chi connectivity index (χ3v) is 3.69. The Morgan fingerprint density at radius 2 is 2.00 bits per heavy atom. The van der Waals surface area contributed by atoms with E-state index in [9.17, 15) is 10.1 Å². The van der Waals surface area contributed by atoms with E-state index in [1.807, 2.05) is 18.2 Å². The molecule has 1 aliphatic carbocycles. The number of nitrogens with zero attached hydrogens (tertiary/aromatic N) is 1. The van der Waals surface area contributed by atoms with Crippen molar-refractivity contribution in [1.82, 2.24) is 0 Å². The van der Waals surface area contributed by atoms with E-state index in [4.69, 9.17) is 0 Å². The van der Waals surface area contributed by atoms with Crippen LogP contribution in [0.5, 0.6) is 0 Å². The summed E-state index contributed by atoms with van der Waals surface area (Å²) in [7, 11) is 0. The molecule has 0 N–H and O–H groups in total. The molecule has 0 saturated heterocycles. The first-order valence-corrected chi connectivity index (χ1v) is 6.25. The van der Waals surface area contributed by atoms with E-state index in [1.165, 1.54) is 5.56 Å². The molecule has 1 saturated carbocycles. The molecule has 0 aliphatic heterocycles. The summed E-state index contributed by atoms with van der Waals surface area (Å²) >= 11 is 0. The number of carbonyl (C=O) groups excluding carboxylic acids is 1. The molecular formula is C15H17NO. The van der Waals surface area contributed by atoms with Gasteiger partial charge >= 0.3 is 0 Å². The fraction of sp³-hybridized carbons (Fsp3) is 0.467. The van der Waals surface area contributed by atoms with E-state index in [-0.39, 0.29) is 5.78 Å². The molecule has 1 atom stereocenters. The molecule has 0 radical (unpaired) electrons. The number of hydrogen-bond donors (Lipinski definition) is 0. The molecule has 1 aliphatic rings. The van der Waals surface area contributed by atoms with Gasteiger partial charge in [0.15, 0.2) is 5.78 Å². The van der Waals surface area contributed by atoms with E-state index in [0.29, 0.717) is 12.8 Å².